The van der Waals surface area contributed by atoms with Crippen molar-refractivity contribution in [2.75, 3.05) is 11.9 Å². The van der Waals surface area contributed by atoms with E-state index in [1.54, 1.807) is 30.5 Å². The zero-order valence-electron chi connectivity index (χ0n) is 21.6. The quantitative estimate of drug-likeness (QED) is 0.0836. The predicted octanol–water partition coefficient (Wildman–Crippen LogP) is 7.69. The monoisotopic (exact) mass is 564 g/mol. The van der Waals surface area contributed by atoms with Gasteiger partial charge in [-0.2, -0.15) is 0 Å². The van der Waals surface area contributed by atoms with Crippen molar-refractivity contribution in [3.63, 3.8) is 0 Å². The molecule has 3 aromatic rings. The molecule has 1 aliphatic carbocycles. The van der Waals surface area contributed by atoms with Gasteiger partial charge in [0.05, 0.1) is 5.69 Å². The number of halogens is 4. The molecular formula is C31H28F4N4S. The summed E-state index contributed by atoms with van der Waals surface area (Å²) in [6, 6.07) is 11.4. The average molecular weight is 565 g/mol. The zero-order chi connectivity index (χ0) is 28.9. The largest absolute Gasteiger partial charge is 0.355 e. The van der Waals surface area contributed by atoms with Crippen molar-refractivity contribution in [2.45, 2.75) is 19.3 Å². The van der Waals surface area contributed by atoms with E-state index in [0.717, 1.165) is 23.3 Å². The molecule has 4 nitrogen and oxygen atoms in total. The number of rotatable bonds is 11. The number of thiol groups is 1. The van der Waals surface area contributed by atoms with Gasteiger partial charge >= 0.3 is 0 Å². The Morgan fingerprint density at radius 1 is 1.07 bits per heavy atom. The van der Waals surface area contributed by atoms with Crippen molar-refractivity contribution in [3.8, 4) is 0 Å². The lowest BCUT2D eigenvalue weighted by Crippen LogP contribution is -2.34. The van der Waals surface area contributed by atoms with Gasteiger partial charge in [0, 0.05) is 35.8 Å². The summed E-state index contributed by atoms with van der Waals surface area (Å²) >= 11 is 4.15. The first-order valence-electron chi connectivity index (χ1n) is 12.5. The van der Waals surface area contributed by atoms with Gasteiger partial charge in [-0.1, -0.05) is 37.6 Å². The van der Waals surface area contributed by atoms with Crippen LogP contribution in [0.4, 0.5) is 23.2 Å². The Labute approximate surface area is 236 Å². The fourth-order valence-electron chi connectivity index (χ4n) is 5.00. The van der Waals surface area contributed by atoms with Gasteiger partial charge in [0.2, 0.25) is 0 Å². The highest BCUT2D eigenvalue weighted by molar-refractivity contribution is 7.78. The van der Waals surface area contributed by atoms with Crippen molar-refractivity contribution in [3.05, 3.63) is 131 Å². The van der Waals surface area contributed by atoms with Crippen molar-refractivity contribution >= 4 is 36.4 Å². The highest BCUT2D eigenvalue weighted by Gasteiger charge is 2.42. The molecule has 1 aromatic heterocycles. The highest BCUT2D eigenvalue weighted by atomic mass is 32.1. The van der Waals surface area contributed by atoms with E-state index in [1.807, 2.05) is 12.1 Å². The van der Waals surface area contributed by atoms with Crippen LogP contribution in [0, 0.1) is 34.1 Å². The summed E-state index contributed by atoms with van der Waals surface area (Å²) < 4.78 is 58.9. The van der Waals surface area contributed by atoms with Crippen LogP contribution in [0.5, 0.6) is 0 Å². The van der Waals surface area contributed by atoms with E-state index in [9.17, 15) is 17.6 Å². The predicted molar refractivity (Wildman–Crippen MR) is 156 cm³/mol. The first-order chi connectivity index (χ1) is 19.2. The third-order valence-corrected chi connectivity index (χ3v) is 7.25. The molecule has 9 heteroatoms. The van der Waals surface area contributed by atoms with E-state index >= 15 is 0 Å². The molecule has 0 spiro atoms. The van der Waals surface area contributed by atoms with Gasteiger partial charge in [-0.25, -0.2) is 17.6 Å². The molecule has 0 saturated carbocycles. The summed E-state index contributed by atoms with van der Waals surface area (Å²) in [5.41, 5.74) is 3.78. The summed E-state index contributed by atoms with van der Waals surface area (Å²) in [6.07, 6.45) is 7.10. The Morgan fingerprint density at radius 2 is 1.77 bits per heavy atom. The average Bonchev–Trinajstić information content (AvgIpc) is 2.96. The minimum absolute atomic E-state index is 0.0551. The van der Waals surface area contributed by atoms with E-state index in [0.29, 0.717) is 41.2 Å². The van der Waals surface area contributed by atoms with Crippen molar-refractivity contribution in [1.29, 1.82) is 5.41 Å². The molecule has 40 heavy (non-hydrogen) atoms. The van der Waals surface area contributed by atoms with Gasteiger partial charge in [0.15, 0.2) is 17.5 Å². The number of nitrogens with zero attached hydrogens (tertiary/aromatic N) is 1. The second-order valence-electron chi connectivity index (χ2n) is 9.51. The highest BCUT2D eigenvalue weighted by Crippen LogP contribution is 2.52. The van der Waals surface area contributed by atoms with Gasteiger partial charge in [-0.15, -0.1) is 0 Å². The number of pyridine rings is 1. The minimum atomic E-state index is -1.54. The third kappa shape index (κ3) is 6.11. The topological polar surface area (TPSA) is 60.8 Å². The van der Waals surface area contributed by atoms with Crippen LogP contribution in [0.1, 0.15) is 29.7 Å². The molecule has 2 aromatic carbocycles. The summed E-state index contributed by atoms with van der Waals surface area (Å²) in [4.78, 5) is 4.52. The van der Waals surface area contributed by atoms with Crippen LogP contribution in [0.3, 0.4) is 0 Å². The molecular weight excluding hydrogens is 536 g/mol. The summed E-state index contributed by atoms with van der Waals surface area (Å²) in [6.45, 7) is 8.67. The van der Waals surface area contributed by atoms with Gasteiger partial charge < -0.3 is 10.7 Å². The molecule has 1 heterocycles. The number of anilines is 1. The SMILES string of the molecule is C=Cc1ccnc(C(=C)C2(Cc3cc(F)c(F)c(F)c3)CC(C=N)=C(Nc3ccc(F)cc3)C=C2CCNS)c1. The van der Waals surface area contributed by atoms with Gasteiger partial charge in [0.25, 0.3) is 0 Å². The van der Waals surface area contributed by atoms with Crippen LogP contribution in [0.25, 0.3) is 11.6 Å². The Morgan fingerprint density at radius 3 is 2.40 bits per heavy atom. The molecule has 4 rings (SSSR count). The smallest absolute Gasteiger partial charge is 0.194 e. The van der Waals surface area contributed by atoms with E-state index in [2.05, 4.69) is 41.0 Å². The number of hydrogen-bond donors (Lipinski definition) is 4. The van der Waals surface area contributed by atoms with Crippen molar-refractivity contribution in [2.24, 2.45) is 5.41 Å². The van der Waals surface area contributed by atoms with E-state index in [1.165, 1.54) is 18.3 Å². The molecule has 3 N–H and O–H groups in total. The number of allylic oxidation sites excluding steroid dienone is 3. The maximum Gasteiger partial charge on any atom is 0.194 e. The van der Waals surface area contributed by atoms with Crippen LogP contribution in [-0.4, -0.2) is 17.7 Å². The molecule has 206 valence electrons. The summed E-state index contributed by atoms with van der Waals surface area (Å²) in [7, 11) is 0. The lowest BCUT2D eigenvalue weighted by Gasteiger charge is -2.42. The Hall–Kier alpha value is -3.95. The van der Waals surface area contributed by atoms with Gasteiger partial charge in [-0.05, 0) is 96.1 Å². The molecule has 1 atom stereocenters. The first kappa shape index (κ1) is 29.0. The minimum Gasteiger partial charge on any atom is -0.355 e. The second kappa shape index (κ2) is 12.5. The van der Waals surface area contributed by atoms with Crippen LogP contribution in [0.15, 0.2) is 90.8 Å². The van der Waals surface area contributed by atoms with Gasteiger partial charge in [-0.3, -0.25) is 9.71 Å². The van der Waals surface area contributed by atoms with Crippen LogP contribution < -0.4 is 10.0 Å². The van der Waals surface area contributed by atoms with Gasteiger partial charge in [0.1, 0.15) is 5.82 Å². The number of nitrogens with one attached hydrogen (secondary N) is 3. The molecule has 0 radical (unpaired) electrons. The molecule has 0 amide bonds. The Bertz CT molecular complexity index is 1490. The van der Waals surface area contributed by atoms with Crippen LogP contribution in [0.2, 0.25) is 0 Å². The van der Waals surface area contributed by atoms with Crippen LogP contribution in [-0.2, 0) is 6.42 Å². The molecule has 0 aliphatic heterocycles. The zero-order valence-corrected chi connectivity index (χ0v) is 22.5. The molecule has 0 saturated heterocycles. The molecule has 0 bridgehead atoms. The van der Waals surface area contributed by atoms with E-state index in [-0.39, 0.29) is 24.2 Å². The number of benzene rings is 2. The fraction of sp³-hybridized carbons (Fsp3) is 0.161. The Kier molecular flexibility index (Phi) is 9.07. The normalized spacial score (nSPS) is 16.9. The molecule has 1 aliphatic rings. The van der Waals surface area contributed by atoms with Crippen molar-refractivity contribution < 1.29 is 17.6 Å². The van der Waals surface area contributed by atoms with E-state index < -0.39 is 22.9 Å². The van der Waals surface area contributed by atoms with Crippen molar-refractivity contribution in [1.82, 2.24) is 9.71 Å². The number of aromatic nitrogens is 1. The van der Waals surface area contributed by atoms with Crippen LogP contribution >= 0.6 is 12.8 Å². The lowest BCUT2D eigenvalue weighted by molar-refractivity contribution is 0.429. The Balaban J connectivity index is 1.89. The third-order valence-electron chi connectivity index (χ3n) is 7.03. The van der Waals surface area contributed by atoms with E-state index in [4.69, 9.17) is 5.41 Å². The maximum absolute atomic E-state index is 14.3. The second-order valence-corrected chi connectivity index (χ2v) is 9.83. The lowest BCUT2D eigenvalue weighted by atomic mass is 9.62. The fourth-order valence-corrected chi connectivity index (χ4v) is 5.11. The maximum atomic E-state index is 14.3. The molecule has 0 fully saturated rings. The summed E-state index contributed by atoms with van der Waals surface area (Å²) in [5.74, 6) is -4.50. The number of hydrogen-bond acceptors (Lipinski definition) is 5. The molecule has 1 unspecified atom stereocenters. The summed E-state index contributed by atoms with van der Waals surface area (Å²) in [5, 5.41) is 11.5. The first-order valence-corrected chi connectivity index (χ1v) is 12.9. The standard InChI is InChI=1S/C31H28F4N4S/c1-3-20-8-10-37-28(14-20)19(2)31(16-21-12-26(33)30(35)27(34)13-21)17-22(18-36)29(15-23(31)9-11-38-40)39-25-6-4-24(32)5-7-25/h3-8,10,12-15,18,36,38-40H,1-2,9,11,16-17H2.